The molecular weight excluding hydrogens is 820 g/mol. The Morgan fingerprint density at radius 3 is 2.00 bits per heavy atom. The number of rotatable bonds is 17. The molecule has 0 saturated carbocycles. The van der Waals surface area contributed by atoms with Crippen molar-refractivity contribution in [2.75, 3.05) is 20.1 Å². The number of carbonyl (C=O) groups excluding carboxylic acids is 4. The molecule has 5 atom stereocenters. The molecule has 13 heteroatoms. The van der Waals surface area contributed by atoms with Crippen molar-refractivity contribution in [3.63, 3.8) is 0 Å². The lowest BCUT2D eigenvalue weighted by molar-refractivity contribution is -0.140. The van der Waals surface area contributed by atoms with E-state index in [0.29, 0.717) is 43.8 Å². The molecule has 0 spiro atoms. The van der Waals surface area contributed by atoms with Crippen LogP contribution in [-0.2, 0) is 36.5 Å². The number of likely N-dealkylation sites (tertiary alicyclic amines) is 1. The van der Waals surface area contributed by atoms with Gasteiger partial charge in [-0.2, -0.15) is 0 Å². The van der Waals surface area contributed by atoms with Crippen LogP contribution in [0, 0.1) is 23.2 Å². The minimum atomic E-state index is -1.70. The number of amides is 4. The predicted octanol–water partition coefficient (Wildman–Crippen LogP) is 9.59. The molecule has 1 aliphatic rings. The minimum Gasteiger partial charge on any atom is -0.445 e. The van der Waals surface area contributed by atoms with E-state index >= 15 is 0 Å². The van der Waals surface area contributed by atoms with E-state index in [0.717, 1.165) is 16.7 Å². The van der Waals surface area contributed by atoms with E-state index in [9.17, 15) is 19.2 Å². The van der Waals surface area contributed by atoms with Crippen molar-refractivity contribution in [2.45, 2.75) is 131 Å². The van der Waals surface area contributed by atoms with Crippen LogP contribution in [0.2, 0.25) is 18.1 Å². The van der Waals surface area contributed by atoms with Crippen LogP contribution in [0.5, 0.6) is 0 Å². The highest BCUT2D eigenvalue weighted by atomic mass is 35.5. The topological polar surface area (TPSA) is 127 Å². The molecule has 3 aromatic rings. The third-order valence-electron chi connectivity index (χ3n) is 11.4. The van der Waals surface area contributed by atoms with Crippen LogP contribution in [0.3, 0.4) is 0 Å². The normalized spacial score (nSPS) is 16.2. The van der Waals surface area contributed by atoms with Crippen molar-refractivity contribution in [1.29, 1.82) is 0 Å². The Labute approximate surface area is 377 Å². The maximum atomic E-state index is 14.9. The zero-order valence-electron chi connectivity index (χ0n) is 38.8. The molecule has 1 saturated heterocycles. The molecule has 4 rings (SSSR count). The second-order valence-corrected chi connectivity index (χ2v) is 22.2. The molecular formula is C49H71ClN4O7Si. The lowest BCUT2D eigenvalue weighted by Gasteiger charge is -2.43. The molecule has 62 heavy (non-hydrogen) atoms. The molecule has 4 amide bonds. The summed E-state index contributed by atoms with van der Waals surface area (Å²) in [4.78, 5) is 59.4. The third-order valence-corrected chi connectivity index (χ3v) is 12.5. The number of piperidine rings is 1. The average Bonchev–Trinajstić information content (AvgIpc) is 3.20. The summed E-state index contributed by atoms with van der Waals surface area (Å²) in [6.45, 7) is 21.0. The number of nitrogens with one attached hydrogen (secondary N) is 2. The van der Waals surface area contributed by atoms with Crippen molar-refractivity contribution in [3.8, 4) is 0 Å². The first-order valence-corrected chi connectivity index (χ1v) is 25.3. The Morgan fingerprint density at radius 2 is 1.45 bits per heavy atom. The summed E-state index contributed by atoms with van der Waals surface area (Å²) in [7, 11) is 0.0442. The zero-order valence-corrected chi connectivity index (χ0v) is 40.7. The number of alkyl carbamates (subject to hydrolysis) is 1. The van der Waals surface area contributed by atoms with Crippen LogP contribution < -0.4 is 10.6 Å². The molecule has 0 aromatic heterocycles. The maximum Gasteiger partial charge on any atom is 0.410 e. The van der Waals surface area contributed by atoms with E-state index in [1.54, 1.807) is 22.9 Å². The van der Waals surface area contributed by atoms with Gasteiger partial charge in [0.05, 0.1) is 12.1 Å². The zero-order chi connectivity index (χ0) is 45.8. The van der Waals surface area contributed by atoms with Gasteiger partial charge in [-0.25, -0.2) is 9.59 Å². The maximum absolute atomic E-state index is 14.9. The van der Waals surface area contributed by atoms with Crippen LogP contribution in [0.15, 0.2) is 84.9 Å². The fourth-order valence-electron chi connectivity index (χ4n) is 8.14. The van der Waals surface area contributed by atoms with Crippen LogP contribution in [0.25, 0.3) is 0 Å². The van der Waals surface area contributed by atoms with Crippen LogP contribution in [0.1, 0.15) is 97.4 Å². The molecule has 2 N–H and O–H groups in total. The van der Waals surface area contributed by atoms with Gasteiger partial charge in [-0.05, 0) is 106 Å². The number of nitrogens with zero attached hydrogens (tertiary/aromatic N) is 2. The molecule has 3 aromatic carbocycles. The third kappa shape index (κ3) is 15.4. The summed E-state index contributed by atoms with van der Waals surface area (Å²) in [6.07, 6.45) is 0.391. The monoisotopic (exact) mass is 890 g/mol. The van der Waals surface area contributed by atoms with Crippen molar-refractivity contribution >= 4 is 44.6 Å². The van der Waals surface area contributed by atoms with Gasteiger partial charge in [-0.15, -0.1) is 0 Å². The van der Waals surface area contributed by atoms with Crippen LogP contribution in [-0.4, -0.2) is 86.7 Å². The summed E-state index contributed by atoms with van der Waals surface area (Å²) in [5, 5.41) is 7.02. The van der Waals surface area contributed by atoms with Gasteiger partial charge in [0.15, 0.2) is 9.04 Å². The molecule has 11 nitrogen and oxygen atoms in total. The number of ether oxygens (including phenoxy) is 2. The van der Waals surface area contributed by atoms with Gasteiger partial charge in [-0.3, -0.25) is 9.59 Å². The summed E-state index contributed by atoms with van der Waals surface area (Å²) >= 11 is 6.49. The Bertz CT molecular complexity index is 1900. The fraction of sp³-hybridized carbons (Fsp3) is 0.551. The molecule has 340 valence electrons. The van der Waals surface area contributed by atoms with Gasteiger partial charge in [0.1, 0.15) is 18.2 Å². The van der Waals surface area contributed by atoms with Gasteiger partial charge in [-0.1, -0.05) is 119 Å². The van der Waals surface area contributed by atoms with Crippen molar-refractivity contribution < 1.29 is 33.1 Å². The molecule has 1 fully saturated rings. The van der Waals surface area contributed by atoms with Crippen molar-refractivity contribution in [3.05, 3.63) is 107 Å². The Hall–Kier alpha value is -4.39. The average molecular weight is 892 g/mol. The Morgan fingerprint density at radius 1 is 0.855 bits per heavy atom. The minimum absolute atomic E-state index is 0.0879. The highest BCUT2D eigenvalue weighted by Gasteiger charge is 2.43. The lowest BCUT2D eigenvalue weighted by Crippen LogP contribution is -2.56. The van der Waals surface area contributed by atoms with E-state index < -0.39 is 56.3 Å². The van der Waals surface area contributed by atoms with Gasteiger partial charge >= 0.3 is 12.2 Å². The molecule has 1 heterocycles. The van der Waals surface area contributed by atoms with Gasteiger partial charge in [0.25, 0.3) is 0 Å². The van der Waals surface area contributed by atoms with E-state index in [1.165, 1.54) is 0 Å². The lowest BCUT2D eigenvalue weighted by atomic mass is 9.69. The number of carbonyl (C=O) groups is 4. The van der Waals surface area contributed by atoms with Gasteiger partial charge < -0.3 is 34.3 Å². The first-order chi connectivity index (χ1) is 29.1. The molecule has 0 radical (unpaired) electrons. The van der Waals surface area contributed by atoms with Gasteiger partial charge in [0, 0.05) is 37.1 Å². The summed E-state index contributed by atoms with van der Waals surface area (Å²) in [5.74, 6) is -1.55. The van der Waals surface area contributed by atoms with Gasteiger partial charge in [0.2, 0.25) is 11.8 Å². The summed E-state index contributed by atoms with van der Waals surface area (Å²) in [6, 6.07) is 25.5. The SMILES string of the molecule is CC(C)[C@H](NC(=O)[C@@H](Cc1cccc(Cl)c1)C[C@H]([C@H](NC(=O)OC(C)(C)C)C(O[SiH](C)C)c1ccccc1)C(C)(C)C)C(=O)N1CCC(N(C)C(=O)OCc2ccccc2)CC1. The summed E-state index contributed by atoms with van der Waals surface area (Å²) in [5.41, 5.74) is 1.53. The largest absolute Gasteiger partial charge is 0.445 e. The highest BCUT2D eigenvalue weighted by Crippen LogP contribution is 2.41. The van der Waals surface area contributed by atoms with Crippen LogP contribution >= 0.6 is 11.6 Å². The van der Waals surface area contributed by atoms with Crippen LogP contribution in [0.4, 0.5) is 9.59 Å². The quantitative estimate of drug-likeness (QED) is 0.129. The standard InChI is InChI=1S/C49H71ClN4O7Si/c1-33(2)41(45(56)54-27-25-39(26-28-54)53(9)47(58)59-32-34-19-14-12-15-20-34)51-44(55)37(29-35-21-18-24-38(50)30-35)31-40(48(3,4)5)42(52-46(57)60-49(6,7)8)43(61-62(10)11)36-22-16-13-17-23-36/h12-24,30,33,37,39-43,62H,25-29,31-32H2,1-11H3,(H,51,55)(H,52,57)/t37-,40+,41-,42-,43?/m0/s1. The van der Waals surface area contributed by atoms with E-state index in [4.69, 9.17) is 25.5 Å². The smallest absolute Gasteiger partial charge is 0.410 e. The number of benzene rings is 3. The second-order valence-electron chi connectivity index (χ2n) is 19.4. The summed E-state index contributed by atoms with van der Waals surface area (Å²) < 4.78 is 18.2. The molecule has 1 unspecified atom stereocenters. The first-order valence-electron chi connectivity index (χ1n) is 22.1. The van der Waals surface area contributed by atoms with E-state index in [1.807, 2.05) is 113 Å². The fourth-order valence-corrected chi connectivity index (χ4v) is 9.27. The Kier molecular flexibility index (Phi) is 18.5. The first kappa shape index (κ1) is 50.3. The number of halogens is 1. The predicted molar refractivity (Wildman–Crippen MR) is 249 cm³/mol. The number of hydrogen-bond donors (Lipinski definition) is 2. The number of hydrogen-bond acceptors (Lipinski definition) is 7. The highest BCUT2D eigenvalue weighted by molar-refractivity contribution is 6.48. The molecule has 0 aliphatic carbocycles. The van der Waals surface area contributed by atoms with Crippen molar-refractivity contribution in [2.24, 2.45) is 23.2 Å². The molecule has 1 aliphatic heterocycles. The molecule has 0 bridgehead atoms. The second kappa shape index (κ2) is 22.8. The van der Waals surface area contributed by atoms with E-state index in [-0.39, 0.29) is 36.3 Å². The van der Waals surface area contributed by atoms with E-state index in [2.05, 4.69) is 44.5 Å². The van der Waals surface area contributed by atoms with Crippen molar-refractivity contribution in [1.82, 2.24) is 20.4 Å². The Balaban J connectivity index is 1.61.